The number of hydrogen-bond acceptors (Lipinski definition) is 8. The third-order valence-corrected chi connectivity index (χ3v) is 3.02. The zero-order chi connectivity index (χ0) is 14.5. The van der Waals surface area contributed by atoms with Crippen LogP contribution in [0.15, 0.2) is 0 Å². The van der Waals surface area contributed by atoms with E-state index in [1.807, 2.05) is 18.7 Å². The molecule has 2 heterocycles. The van der Waals surface area contributed by atoms with E-state index < -0.39 is 0 Å². The number of aliphatic hydroxyl groups is 1. The highest BCUT2D eigenvalue weighted by atomic mass is 16.5. The maximum Gasteiger partial charge on any atom is 0.323 e. The lowest BCUT2D eigenvalue weighted by Crippen LogP contribution is -2.50. The standard InChI is InChI=1S/C12H21N5O3/c1-3-4-19-12-15-10(13)14-11(16-12)17-5-9(6-18)20-7-8(17)2/h8-9,18H,3-7H2,1-2H3,(H2,13,14,15,16). The molecule has 2 atom stereocenters. The molecule has 8 nitrogen and oxygen atoms in total. The molecule has 112 valence electrons. The molecule has 0 aliphatic carbocycles. The molecule has 1 aliphatic heterocycles. The monoisotopic (exact) mass is 283 g/mol. The van der Waals surface area contributed by atoms with Gasteiger partial charge in [0, 0.05) is 6.54 Å². The van der Waals surface area contributed by atoms with Crippen LogP contribution >= 0.6 is 0 Å². The first kappa shape index (κ1) is 14.7. The minimum absolute atomic E-state index is 0.0387. The molecule has 0 amide bonds. The summed E-state index contributed by atoms with van der Waals surface area (Å²) in [6.45, 7) is 5.50. The molecule has 0 saturated carbocycles. The fourth-order valence-corrected chi connectivity index (χ4v) is 1.95. The van der Waals surface area contributed by atoms with Crippen LogP contribution in [0.3, 0.4) is 0 Å². The molecule has 1 saturated heterocycles. The Balaban J connectivity index is 2.19. The van der Waals surface area contributed by atoms with Crippen LogP contribution in [0.25, 0.3) is 0 Å². The van der Waals surface area contributed by atoms with E-state index in [0.717, 1.165) is 6.42 Å². The Hall–Kier alpha value is -1.67. The van der Waals surface area contributed by atoms with E-state index >= 15 is 0 Å². The predicted molar refractivity (Wildman–Crippen MR) is 73.7 cm³/mol. The Morgan fingerprint density at radius 3 is 2.95 bits per heavy atom. The summed E-state index contributed by atoms with van der Waals surface area (Å²) in [5, 5.41) is 9.21. The molecule has 1 fully saturated rings. The quantitative estimate of drug-likeness (QED) is 0.767. The summed E-state index contributed by atoms with van der Waals surface area (Å²) in [4.78, 5) is 14.3. The minimum atomic E-state index is -0.246. The van der Waals surface area contributed by atoms with Crippen molar-refractivity contribution in [3.8, 4) is 6.01 Å². The smallest absolute Gasteiger partial charge is 0.323 e. The SMILES string of the molecule is CCCOc1nc(N)nc(N2CC(CO)OCC2C)n1. The number of anilines is 2. The van der Waals surface area contributed by atoms with Crippen molar-refractivity contribution in [3.63, 3.8) is 0 Å². The van der Waals surface area contributed by atoms with Crippen LogP contribution < -0.4 is 15.4 Å². The molecule has 3 N–H and O–H groups in total. The summed E-state index contributed by atoms with van der Waals surface area (Å²) >= 11 is 0. The molecule has 2 unspecified atom stereocenters. The second-order valence-electron chi connectivity index (χ2n) is 4.76. The van der Waals surface area contributed by atoms with Crippen LogP contribution in [-0.2, 0) is 4.74 Å². The summed E-state index contributed by atoms with van der Waals surface area (Å²) < 4.78 is 10.9. The van der Waals surface area contributed by atoms with Crippen LogP contribution in [0, 0.1) is 0 Å². The first-order valence-corrected chi connectivity index (χ1v) is 6.77. The first-order valence-electron chi connectivity index (χ1n) is 6.77. The number of rotatable bonds is 5. The van der Waals surface area contributed by atoms with Gasteiger partial charge in [0.1, 0.15) is 0 Å². The van der Waals surface area contributed by atoms with Crippen molar-refractivity contribution in [2.45, 2.75) is 32.4 Å². The lowest BCUT2D eigenvalue weighted by Gasteiger charge is -2.37. The van der Waals surface area contributed by atoms with Gasteiger partial charge in [-0.1, -0.05) is 6.92 Å². The van der Waals surface area contributed by atoms with Crippen LogP contribution in [0.2, 0.25) is 0 Å². The Kier molecular flexibility index (Phi) is 4.91. The Morgan fingerprint density at radius 1 is 1.45 bits per heavy atom. The molecule has 8 heteroatoms. The second-order valence-corrected chi connectivity index (χ2v) is 4.76. The fourth-order valence-electron chi connectivity index (χ4n) is 1.95. The van der Waals surface area contributed by atoms with Crippen LogP contribution in [-0.4, -0.2) is 58.6 Å². The fraction of sp³-hybridized carbons (Fsp3) is 0.750. The number of aromatic nitrogens is 3. The van der Waals surface area contributed by atoms with Crippen molar-refractivity contribution in [3.05, 3.63) is 0 Å². The van der Waals surface area contributed by atoms with Gasteiger partial charge in [0.05, 0.1) is 32.0 Å². The number of hydrogen-bond donors (Lipinski definition) is 2. The lowest BCUT2D eigenvalue weighted by molar-refractivity contribution is -0.0108. The Labute approximate surface area is 117 Å². The molecule has 2 rings (SSSR count). The molecular weight excluding hydrogens is 262 g/mol. The summed E-state index contributed by atoms with van der Waals surface area (Å²) in [5.41, 5.74) is 5.70. The van der Waals surface area contributed by atoms with E-state index in [1.54, 1.807) is 0 Å². The highest BCUT2D eigenvalue weighted by Crippen LogP contribution is 2.20. The summed E-state index contributed by atoms with van der Waals surface area (Å²) in [5.74, 6) is 0.582. The van der Waals surface area contributed by atoms with E-state index in [9.17, 15) is 5.11 Å². The van der Waals surface area contributed by atoms with Crippen LogP contribution in [0.4, 0.5) is 11.9 Å². The van der Waals surface area contributed by atoms with Gasteiger partial charge < -0.3 is 25.2 Å². The third kappa shape index (κ3) is 3.45. The van der Waals surface area contributed by atoms with Gasteiger partial charge in [-0.05, 0) is 13.3 Å². The third-order valence-electron chi connectivity index (χ3n) is 3.02. The van der Waals surface area contributed by atoms with Gasteiger partial charge in [0.15, 0.2) is 0 Å². The lowest BCUT2D eigenvalue weighted by atomic mass is 10.2. The van der Waals surface area contributed by atoms with Crippen molar-refractivity contribution in [1.82, 2.24) is 15.0 Å². The van der Waals surface area contributed by atoms with E-state index in [4.69, 9.17) is 15.2 Å². The Morgan fingerprint density at radius 2 is 2.25 bits per heavy atom. The number of nitrogen functional groups attached to an aromatic ring is 1. The van der Waals surface area contributed by atoms with Gasteiger partial charge in [0.25, 0.3) is 0 Å². The van der Waals surface area contributed by atoms with E-state index in [-0.39, 0.29) is 30.7 Å². The van der Waals surface area contributed by atoms with Crippen molar-refractivity contribution >= 4 is 11.9 Å². The van der Waals surface area contributed by atoms with Gasteiger partial charge in [0.2, 0.25) is 11.9 Å². The predicted octanol–water partition coefficient (Wildman–Crippen LogP) is -0.171. The van der Waals surface area contributed by atoms with Crippen LogP contribution in [0.1, 0.15) is 20.3 Å². The number of ether oxygens (including phenoxy) is 2. The number of aliphatic hydroxyl groups excluding tert-OH is 1. The van der Waals surface area contributed by atoms with Crippen molar-refractivity contribution < 1.29 is 14.6 Å². The molecular formula is C12H21N5O3. The molecule has 0 spiro atoms. The van der Waals surface area contributed by atoms with Crippen molar-refractivity contribution in [2.75, 3.05) is 37.0 Å². The molecule has 0 radical (unpaired) electrons. The highest BCUT2D eigenvalue weighted by molar-refractivity contribution is 5.37. The van der Waals surface area contributed by atoms with Gasteiger partial charge in [-0.15, -0.1) is 0 Å². The van der Waals surface area contributed by atoms with Crippen molar-refractivity contribution in [1.29, 1.82) is 0 Å². The van der Waals surface area contributed by atoms with Gasteiger partial charge >= 0.3 is 6.01 Å². The molecule has 1 aromatic heterocycles. The largest absolute Gasteiger partial charge is 0.463 e. The summed E-state index contributed by atoms with van der Waals surface area (Å²) in [6.07, 6.45) is 0.616. The second kappa shape index (κ2) is 6.67. The van der Waals surface area contributed by atoms with E-state index in [0.29, 0.717) is 25.7 Å². The maximum atomic E-state index is 9.21. The molecule has 0 bridgehead atoms. The summed E-state index contributed by atoms with van der Waals surface area (Å²) in [6, 6.07) is 0.326. The zero-order valence-electron chi connectivity index (χ0n) is 11.8. The van der Waals surface area contributed by atoms with Crippen LogP contribution in [0.5, 0.6) is 6.01 Å². The number of nitrogens with two attached hydrogens (primary N) is 1. The highest BCUT2D eigenvalue weighted by Gasteiger charge is 2.28. The first-order chi connectivity index (χ1) is 9.63. The topological polar surface area (TPSA) is 107 Å². The van der Waals surface area contributed by atoms with Gasteiger partial charge in [-0.2, -0.15) is 15.0 Å². The van der Waals surface area contributed by atoms with E-state index in [1.165, 1.54) is 0 Å². The normalized spacial score (nSPS) is 22.9. The average molecular weight is 283 g/mol. The Bertz CT molecular complexity index is 445. The van der Waals surface area contributed by atoms with Gasteiger partial charge in [-0.25, -0.2) is 0 Å². The molecule has 20 heavy (non-hydrogen) atoms. The zero-order valence-corrected chi connectivity index (χ0v) is 11.8. The number of morpholine rings is 1. The van der Waals surface area contributed by atoms with E-state index in [2.05, 4.69) is 15.0 Å². The maximum absolute atomic E-state index is 9.21. The average Bonchev–Trinajstić information content (AvgIpc) is 2.45. The summed E-state index contributed by atoms with van der Waals surface area (Å²) in [7, 11) is 0. The van der Waals surface area contributed by atoms with Gasteiger partial charge in [-0.3, -0.25) is 0 Å². The molecule has 0 aromatic carbocycles. The van der Waals surface area contributed by atoms with Crippen molar-refractivity contribution in [2.24, 2.45) is 0 Å². The minimum Gasteiger partial charge on any atom is -0.463 e. The molecule has 1 aromatic rings. The number of nitrogens with zero attached hydrogens (tertiary/aromatic N) is 4. The molecule has 1 aliphatic rings.